The number of anilines is 1. The molecule has 0 saturated heterocycles. The summed E-state index contributed by atoms with van der Waals surface area (Å²) in [4.78, 5) is 11.9. The highest BCUT2D eigenvalue weighted by Crippen LogP contribution is 2.49. The summed E-state index contributed by atoms with van der Waals surface area (Å²) in [6.45, 7) is 0. The van der Waals surface area contributed by atoms with Gasteiger partial charge in [-0.2, -0.15) is 23.2 Å². The van der Waals surface area contributed by atoms with Crippen molar-refractivity contribution in [2.45, 2.75) is 29.5 Å². The predicted molar refractivity (Wildman–Crippen MR) is 92.8 cm³/mol. The summed E-state index contributed by atoms with van der Waals surface area (Å²) >= 11 is 0. The molecule has 1 aromatic heterocycles. The van der Waals surface area contributed by atoms with Gasteiger partial charge in [0.25, 0.3) is 5.91 Å². The summed E-state index contributed by atoms with van der Waals surface area (Å²) in [6.07, 6.45) is -4.44. The van der Waals surface area contributed by atoms with Gasteiger partial charge in [-0.3, -0.25) is 4.79 Å². The predicted octanol–water partition coefficient (Wildman–Crippen LogP) is 2.66. The van der Waals surface area contributed by atoms with Crippen molar-refractivity contribution >= 4 is 21.6 Å². The molecule has 0 radical (unpaired) electrons. The number of rotatable bonds is 5. The molecule has 1 amide bonds. The first kappa shape index (κ1) is 20.8. The highest BCUT2D eigenvalue weighted by Gasteiger charge is 2.65. The smallest absolute Gasteiger partial charge is 0.345 e. The van der Waals surface area contributed by atoms with Gasteiger partial charge in [0.1, 0.15) is 28.0 Å². The van der Waals surface area contributed by atoms with E-state index in [-0.39, 0.29) is 29.8 Å². The number of hydrogen-bond acceptors (Lipinski definition) is 4. The molecule has 1 fully saturated rings. The molecule has 2 aromatic rings. The topological polar surface area (TPSA) is 104 Å². The van der Waals surface area contributed by atoms with E-state index in [0.717, 1.165) is 29.0 Å². The molecule has 0 unspecified atom stereocenters. The van der Waals surface area contributed by atoms with E-state index in [0.29, 0.717) is 0 Å². The number of alkyl halides is 3. The van der Waals surface area contributed by atoms with Gasteiger partial charge in [0, 0.05) is 18.9 Å². The zero-order valence-corrected chi connectivity index (χ0v) is 15.7. The number of sulfonamides is 1. The molecule has 0 spiro atoms. The number of benzene rings is 1. The highest BCUT2D eigenvalue weighted by molar-refractivity contribution is 7.89. The van der Waals surface area contributed by atoms with Crippen molar-refractivity contribution in [3.05, 3.63) is 47.5 Å². The average Bonchev–Trinajstić information content (AvgIpc) is 3.29. The first-order valence-electron chi connectivity index (χ1n) is 8.17. The first-order chi connectivity index (χ1) is 13.4. The number of aryl methyl sites for hydroxylation is 1. The number of nitrogens with zero attached hydrogens (tertiary/aromatic N) is 2. The zero-order chi connectivity index (χ0) is 21.6. The number of nitrogens with one attached hydrogen (secondary N) is 2. The van der Waals surface area contributed by atoms with Crippen LogP contribution in [0.15, 0.2) is 35.4 Å². The fraction of sp³-hybridized carbons (Fsp3) is 0.294. The van der Waals surface area contributed by atoms with Gasteiger partial charge in [-0.1, -0.05) is 0 Å². The molecule has 3 rings (SSSR count). The third kappa shape index (κ3) is 3.96. The molecule has 1 aliphatic rings. The van der Waals surface area contributed by atoms with Gasteiger partial charge in [0.15, 0.2) is 0 Å². The Morgan fingerprint density at radius 3 is 2.48 bits per heavy atom. The second kappa shape index (κ2) is 6.85. The fourth-order valence-electron chi connectivity index (χ4n) is 2.68. The maximum atomic E-state index is 13.4. The van der Waals surface area contributed by atoms with Crippen molar-refractivity contribution in [1.82, 2.24) is 9.29 Å². The van der Waals surface area contributed by atoms with E-state index in [2.05, 4.69) is 5.32 Å². The Balaban J connectivity index is 1.83. The summed E-state index contributed by atoms with van der Waals surface area (Å²) in [6, 6.07) is 5.82. The highest BCUT2D eigenvalue weighted by atomic mass is 32.2. The number of carbonyl (C=O) groups excluding carboxylic acids is 1. The Hall–Kier alpha value is -2.91. The zero-order valence-electron chi connectivity index (χ0n) is 14.8. The second-order valence-electron chi connectivity index (χ2n) is 6.62. The van der Waals surface area contributed by atoms with Crippen molar-refractivity contribution < 1.29 is 30.8 Å². The molecule has 154 valence electrons. The lowest BCUT2D eigenvalue weighted by Crippen LogP contribution is -2.47. The molecule has 12 heteroatoms. The van der Waals surface area contributed by atoms with Crippen LogP contribution in [0.5, 0.6) is 0 Å². The van der Waals surface area contributed by atoms with Crippen LogP contribution in [0.4, 0.5) is 23.2 Å². The summed E-state index contributed by atoms with van der Waals surface area (Å²) in [5.41, 5.74) is -2.86. The Morgan fingerprint density at radius 1 is 1.28 bits per heavy atom. The lowest BCUT2D eigenvalue weighted by atomic mass is 10.2. The van der Waals surface area contributed by atoms with Gasteiger partial charge in [-0.05, 0) is 37.1 Å². The Bertz CT molecular complexity index is 1130. The number of amides is 1. The molecule has 0 aliphatic heterocycles. The first-order valence-corrected chi connectivity index (χ1v) is 9.65. The number of hydrogen-bond donors (Lipinski definition) is 2. The molecular weight excluding hydrogens is 416 g/mol. The lowest BCUT2D eigenvalue weighted by Gasteiger charge is -2.20. The van der Waals surface area contributed by atoms with E-state index >= 15 is 0 Å². The fourth-order valence-corrected chi connectivity index (χ4v) is 4.19. The van der Waals surface area contributed by atoms with Crippen molar-refractivity contribution in [1.29, 1.82) is 5.26 Å². The number of nitriles is 1. The maximum absolute atomic E-state index is 13.4. The minimum absolute atomic E-state index is 0.0886. The molecule has 1 heterocycles. The minimum atomic E-state index is -4.73. The lowest BCUT2D eigenvalue weighted by molar-refractivity contribution is -0.160. The minimum Gasteiger partial charge on any atom is -0.345 e. The second-order valence-corrected chi connectivity index (χ2v) is 8.30. The maximum Gasteiger partial charge on any atom is 0.407 e. The van der Waals surface area contributed by atoms with Crippen LogP contribution in [-0.4, -0.2) is 30.6 Å². The van der Waals surface area contributed by atoms with Crippen molar-refractivity contribution in [3.63, 3.8) is 0 Å². The van der Waals surface area contributed by atoms with E-state index in [1.165, 1.54) is 13.1 Å². The normalized spacial score (nSPS) is 15.6. The van der Waals surface area contributed by atoms with Crippen molar-refractivity contribution in [3.8, 4) is 6.07 Å². The Kier molecular flexibility index (Phi) is 4.92. The number of halogens is 4. The molecule has 1 saturated carbocycles. The Morgan fingerprint density at radius 2 is 1.93 bits per heavy atom. The largest absolute Gasteiger partial charge is 0.407 e. The molecule has 29 heavy (non-hydrogen) atoms. The van der Waals surface area contributed by atoms with Gasteiger partial charge in [-0.25, -0.2) is 12.8 Å². The van der Waals surface area contributed by atoms with E-state index in [4.69, 9.17) is 5.26 Å². The molecule has 0 bridgehead atoms. The van der Waals surface area contributed by atoms with E-state index in [1.807, 2.05) is 0 Å². The van der Waals surface area contributed by atoms with Crippen LogP contribution in [0, 0.1) is 17.1 Å². The van der Waals surface area contributed by atoms with E-state index in [1.54, 1.807) is 10.8 Å². The summed E-state index contributed by atoms with van der Waals surface area (Å²) < 4.78 is 80.0. The molecule has 0 atom stereocenters. The van der Waals surface area contributed by atoms with Gasteiger partial charge >= 0.3 is 6.18 Å². The molecule has 1 aromatic carbocycles. The van der Waals surface area contributed by atoms with Crippen LogP contribution in [0.25, 0.3) is 0 Å². The average molecular weight is 430 g/mol. The monoisotopic (exact) mass is 430 g/mol. The third-order valence-electron chi connectivity index (χ3n) is 4.49. The quantitative estimate of drug-likeness (QED) is 0.712. The molecular formula is C17H14F4N4O3S. The Labute approximate surface area is 163 Å². The SMILES string of the molecule is Cn1cc(S(=O)(=O)NC2(C(F)(F)F)CC2)cc1C(=O)Nc1ccc(F)c(C#N)c1. The molecule has 2 N–H and O–H groups in total. The molecule has 7 nitrogen and oxygen atoms in total. The number of carbonyl (C=O) groups is 1. The summed E-state index contributed by atoms with van der Waals surface area (Å²) in [5, 5.41) is 11.2. The van der Waals surface area contributed by atoms with Crippen molar-refractivity contribution in [2.24, 2.45) is 7.05 Å². The summed E-state index contributed by atoms with van der Waals surface area (Å²) in [5.74, 6) is -1.57. The standard InChI is InChI=1S/C17H14F4N4O3S/c1-25-9-12(29(27,28)24-16(4-5-16)17(19,20)21)7-14(25)15(26)23-11-2-3-13(18)10(6-11)8-22/h2-3,6-7,9,24H,4-5H2,1H3,(H,23,26). The van der Waals surface area contributed by atoms with Gasteiger partial charge in [0.05, 0.1) is 5.56 Å². The molecule has 1 aliphatic carbocycles. The van der Waals surface area contributed by atoms with Crippen LogP contribution < -0.4 is 10.0 Å². The third-order valence-corrected chi connectivity index (χ3v) is 5.99. The van der Waals surface area contributed by atoms with Crippen LogP contribution in [0.2, 0.25) is 0 Å². The summed E-state index contributed by atoms with van der Waals surface area (Å²) in [7, 11) is -3.18. The van der Waals surface area contributed by atoms with Gasteiger partial charge < -0.3 is 9.88 Å². The van der Waals surface area contributed by atoms with Gasteiger partial charge in [0.2, 0.25) is 10.0 Å². The van der Waals surface area contributed by atoms with Crippen LogP contribution >= 0.6 is 0 Å². The van der Waals surface area contributed by atoms with Crippen LogP contribution in [0.1, 0.15) is 28.9 Å². The van der Waals surface area contributed by atoms with Crippen LogP contribution in [0.3, 0.4) is 0 Å². The van der Waals surface area contributed by atoms with E-state index in [9.17, 15) is 30.8 Å². The van der Waals surface area contributed by atoms with E-state index < -0.39 is 38.4 Å². The van der Waals surface area contributed by atoms with Crippen LogP contribution in [-0.2, 0) is 17.1 Å². The number of aromatic nitrogens is 1. The van der Waals surface area contributed by atoms with Crippen molar-refractivity contribution in [2.75, 3.05) is 5.32 Å². The van der Waals surface area contributed by atoms with Gasteiger partial charge in [-0.15, -0.1) is 0 Å².